The molecule has 0 saturated carbocycles. The maximum absolute atomic E-state index is 11.1. The average molecular weight is 311 g/mol. The molecule has 0 radical (unpaired) electrons. The van der Waals surface area contributed by atoms with Crippen LogP contribution in [0.25, 0.3) is 0 Å². The van der Waals surface area contributed by atoms with E-state index >= 15 is 0 Å². The second-order valence-electron chi connectivity index (χ2n) is 6.14. The number of aliphatic hydroxyl groups is 1. The molecule has 23 heavy (non-hydrogen) atoms. The fourth-order valence-corrected chi connectivity index (χ4v) is 3.01. The summed E-state index contributed by atoms with van der Waals surface area (Å²) in [5.41, 5.74) is 7.12. The van der Waals surface area contributed by atoms with Gasteiger partial charge in [-0.15, -0.1) is 0 Å². The summed E-state index contributed by atoms with van der Waals surface area (Å²) >= 11 is 0. The number of hydrogen-bond acceptors (Lipinski definition) is 4. The van der Waals surface area contributed by atoms with Gasteiger partial charge in [0.2, 0.25) is 5.91 Å². The van der Waals surface area contributed by atoms with Gasteiger partial charge in [0.05, 0.1) is 5.54 Å². The van der Waals surface area contributed by atoms with E-state index in [1.807, 2.05) is 54.3 Å². The molecule has 2 aromatic rings. The SMILES string of the molecule is CC1(Nc2ccc(C(N)=O)cc2)CCN(c2ccccc2)C1O. The highest BCUT2D eigenvalue weighted by Crippen LogP contribution is 2.34. The Labute approximate surface area is 135 Å². The van der Waals surface area contributed by atoms with Crippen molar-refractivity contribution in [1.29, 1.82) is 0 Å². The third-order valence-corrected chi connectivity index (χ3v) is 4.42. The van der Waals surface area contributed by atoms with Crippen LogP contribution in [0.4, 0.5) is 11.4 Å². The summed E-state index contributed by atoms with van der Waals surface area (Å²) in [5, 5.41) is 14.1. The van der Waals surface area contributed by atoms with Crippen molar-refractivity contribution in [1.82, 2.24) is 0 Å². The summed E-state index contributed by atoms with van der Waals surface area (Å²) in [6.07, 6.45) is 0.168. The van der Waals surface area contributed by atoms with Crippen molar-refractivity contribution in [3.63, 3.8) is 0 Å². The van der Waals surface area contributed by atoms with Crippen LogP contribution < -0.4 is 16.0 Å². The second-order valence-corrected chi connectivity index (χ2v) is 6.14. The van der Waals surface area contributed by atoms with E-state index in [0.29, 0.717) is 5.56 Å². The lowest BCUT2D eigenvalue weighted by Crippen LogP contribution is -2.48. The predicted octanol–water partition coefficient (Wildman–Crippen LogP) is 2.18. The highest BCUT2D eigenvalue weighted by Gasteiger charge is 2.43. The summed E-state index contributed by atoms with van der Waals surface area (Å²) in [6, 6.07) is 16.9. The van der Waals surface area contributed by atoms with Gasteiger partial charge in [-0.1, -0.05) is 18.2 Å². The molecule has 3 rings (SSSR count). The number of primary amides is 1. The number of rotatable bonds is 4. The molecule has 120 valence electrons. The van der Waals surface area contributed by atoms with Gasteiger partial charge >= 0.3 is 0 Å². The fourth-order valence-electron chi connectivity index (χ4n) is 3.01. The molecule has 1 amide bonds. The minimum absolute atomic E-state index is 0.445. The molecule has 0 spiro atoms. The van der Waals surface area contributed by atoms with E-state index in [0.717, 1.165) is 24.3 Å². The number of anilines is 2. The topological polar surface area (TPSA) is 78.6 Å². The van der Waals surface area contributed by atoms with Crippen molar-refractivity contribution < 1.29 is 9.90 Å². The first-order chi connectivity index (χ1) is 11.0. The maximum atomic E-state index is 11.1. The lowest BCUT2D eigenvalue weighted by atomic mass is 9.98. The van der Waals surface area contributed by atoms with Gasteiger partial charge in [-0.3, -0.25) is 4.79 Å². The van der Waals surface area contributed by atoms with Crippen LogP contribution in [0.3, 0.4) is 0 Å². The van der Waals surface area contributed by atoms with Crippen LogP contribution in [0.2, 0.25) is 0 Å². The first-order valence-electron chi connectivity index (χ1n) is 7.67. The number of nitrogens with zero attached hydrogens (tertiary/aromatic N) is 1. The first-order valence-corrected chi connectivity index (χ1v) is 7.67. The van der Waals surface area contributed by atoms with Gasteiger partial charge in [0.15, 0.2) is 0 Å². The molecule has 1 heterocycles. The summed E-state index contributed by atoms with van der Waals surface area (Å²) < 4.78 is 0. The molecule has 0 aromatic heterocycles. The van der Waals surface area contributed by atoms with E-state index in [1.165, 1.54) is 0 Å². The number of carbonyl (C=O) groups excluding carboxylic acids is 1. The smallest absolute Gasteiger partial charge is 0.248 e. The van der Waals surface area contributed by atoms with Gasteiger partial charge in [-0.05, 0) is 49.7 Å². The summed E-state index contributed by atoms with van der Waals surface area (Å²) in [4.78, 5) is 13.1. The minimum Gasteiger partial charge on any atom is -0.375 e. The Balaban J connectivity index is 1.76. The monoisotopic (exact) mass is 311 g/mol. The van der Waals surface area contributed by atoms with Crippen LogP contribution in [0.5, 0.6) is 0 Å². The Bertz CT molecular complexity index is 687. The Morgan fingerprint density at radius 2 is 1.87 bits per heavy atom. The minimum atomic E-state index is -0.638. The molecule has 2 aromatic carbocycles. The third kappa shape index (κ3) is 3.00. The Kier molecular flexibility index (Phi) is 3.96. The van der Waals surface area contributed by atoms with Crippen LogP contribution in [-0.2, 0) is 0 Å². The zero-order valence-electron chi connectivity index (χ0n) is 13.1. The van der Waals surface area contributed by atoms with E-state index in [1.54, 1.807) is 12.1 Å². The highest BCUT2D eigenvalue weighted by molar-refractivity contribution is 5.93. The highest BCUT2D eigenvalue weighted by atomic mass is 16.3. The number of benzene rings is 2. The van der Waals surface area contributed by atoms with Gasteiger partial charge in [0, 0.05) is 23.5 Å². The molecule has 5 heteroatoms. The standard InChI is InChI=1S/C18H21N3O2/c1-18(20-14-9-7-13(8-10-14)16(19)22)11-12-21(17(18)23)15-5-3-2-4-6-15/h2-10,17,20,23H,11-12H2,1H3,(H2,19,22). The van der Waals surface area contributed by atoms with E-state index in [4.69, 9.17) is 5.73 Å². The van der Waals surface area contributed by atoms with Crippen molar-refractivity contribution >= 4 is 17.3 Å². The quantitative estimate of drug-likeness (QED) is 0.809. The maximum Gasteiger partial charge on any atom is 0.248 e. The van der Waals surface area contributed by atoms with Crippen LogP contribution >= 0.6 is 0 Å². The molecule has 2 unspecified atom stereocenters. The molecule has 0 aliphatic carbocycles. The normalized spacial score (nSPS) is 23.7. The lowest BCUT2D eigenvalue weighted by Gasteiger charge is -2.34. The molecule has 0 bridgehead atoms. The van der Waals surface area contributed by atoms with E-state index < -0.39 is 17.7 Å². The van der Waals surface area contributed by atoms with Gasteiger partial charge < -0.3 is 21.1 Å². The first kappa shape index (κ1) is 15.4. The number of nitrogens with one attached hydrogen (secondary N) is 1. The van der Waals surface area contributed by atoms with Crippen LogP contribution in [0.1, 0.15) is 23.7 Å². The lowest BCUT2D eigenvalue weighted by molar-refractivity contribution is 0.1000. The van der Waals surface area contributed by atoms with Gasteiger partial charge in [0.25, 0.3) is 0 Å². The molecule has 1 aliphatic rings. The van der Waals surface area contributed by atoms with Crippen LogP contribution in [0, 0.1) is 0 Å². The molecule has 2 atom stereocenters. The molecular weight excluding hydrogens is 290 g/mol. The predicted molar refractivity (Wildman–Crippen MR) is 91.4 cm³/mol. The number of nitrogens with two attached hydrogens (primary N) is 1. The Hall–Kier alpha value is -2.53. The molecule has 1 aliphatic heterocycles. The van der Waals surface area contributed by atoms with Crippen molar-refractivity contribution in [3.8, 4) is 0 Å². The average Bonchev–Trinajstić information content (AvgIpc) is 2.84. The van der Waals surface area contributed by atoms with Crippen molar-refractivity contribution in [3.05, 3.63) is 60.2 Å². The second kappa shape index (κ2) is 5.93. The zero-order valence-corrected chi connectivity index (χ0v) is 13.1. The number of carbonyl (C=O) groups is 1. The van der Waals surface area contributed by atoms with Crippen LogP contribution in [0.15, 0.2) is 54.6 Å². The Morgan fingerprint density at radius 1 is 1.22 bits per heavy atom. The zero-order chi connectivity index (χ0) is 16.4. The van der Waals surface area contributed by atoms with E-state index in [2.05, 4.69) is 5.32 Å². The number of hydrogen-bond donors (Lipinski definition) is 3. The summed E-state index contributed by atoms with van der Waals surface area (Å²) in [5.74, 6) is -0.445. The van der Waals surface area contributed by atoms with Gasteiger partial charge in [-0.25, -0.2) is 0 Å². The van der Waals surface area contributed by atoms with E-state index in [9.17, 15) is 9.90 Å². The molecular formula is C18H21N3O2. The molecule has 1 fully saturated rings. The van der Waals surface area contributed by atoms with E-state index in [-0.39, 0.29) is 0 Å². The fraction of sp³-hybridized carbons (Fsp3) is 0.278. The molecule has 5 nitrogen and oxygen atoms in total. The van der Waals surface area contributed by atoms with Crippen molar-refractivity contribution in [2.75, 3.05) is 16.8 Å². The van der Waals surface area contributed by atoms with Gasteiger partial charge in [-0.2, -0.15) is 0 Å². The summed E-state index contributed by atoms with van der Waals surface area (Å²) in [6.45, 7) is 2.77. The van der Waals surface area contributed by atoms with Gasteiger partial charge in [0.1, 0.15) is 6.23 Å². The molecule has 1 saturated heterocycles. The van der Waals surface area contributed by atoms with Crippen molar-refractivity contribution in [2.24, 2.45) is 5.73 Å². The number of para-hydroxylation sites is 1. The largest absolute Gasteiger partial charge is 0.375 e. The Morgan fingerprint density at radius 3 is 2.48 bits per heavy atom. The number of aliphatic hydroxyl groups excluding tert-OH is 1. The molecule has 4 N–H and O–H groups in total. The summed E-state index contributed by atoms with van der Waals surface area (Å²) in [7, 11) is 0. The van der Waals surface area contributed by atoms with Crippen molar-refractivity contribution in [2.45, 2.75) is 25.1 Å². The third-order valence-electron chi connectivity index (χ3n) is 4.42. The number of amides is 1. The van der Waals surface area contributed by atoms with Crippen LogP contribution in [-0.4, -0.2) is 29.3 Å².